The minimum Gasteiger partial charge on any atom is -0.376 e. The van der Waals surface area contributed by atoms with Crippen molar-refractivity contribution in [2.45, 2.75) is 30.4 Å². The van der Waals surface area contributed by atoms with Crippen LogP contribution in [-0.2, 0) is 14.4 Å². The molecule has 4 N–H and O–H groups in total. The van der Waals surface area contributed by atoms with E-state index in [1.807, 2.05) is 32.0 Å². The van der Waals surface area contributed by atoms with E-state index in [0.717, 1.165) is 21.7 Å². The van der Waals surface area contributed by atoms with E-state index in [1.54, 1.807) is 18.2 Å². The van der Waals surface area contributed by atoms with Crippen LogP contribution in [0.15, 0.2) is 41.3 Å². The molecule has 0 spiro atoms. The first-order valence-corrected chi connectivity index (χ1v) is 10.2. The number of amides is 3. The Morgan fingerprint density at radius 2 is 1.86 bits per heavy atom. The summed E-state index contributed by atoms with van der Waals surface area (Å²) in [6.45, 7) is 3.96. The van der Waals surface area contributed by atoms with Gasteiger partial charge in [-0.3, -0.25) is 25.2 Å². The van der Waals surface area contributed by atoms with Crippen LogP contribution in [0.3, 0.4) is 0 Å². The van der Waals surface area contributed by atoms with Gasteiger partial charge in [-0.25, -0.2) is 0 Å². The summed E-state index contributed by atoms with van der Waals surface area (Å²) in [5, 5.41) is 5.71. The second-order valence-electron chi connectivity index (χ2n) is 6.71. The summed E-state index contributed by atoms with van der Waals surface area (Å²) in [7, 11) is 0. The molecule has 29 heavy (non-hydrogen) atoms. The van der Waals surface area contributed by atoms with Crippen LogP contribution >= 0.6 is 23.4 Å². The van der Waals surface area contributed by atoms with Crippen molar-refractivity contribution in [2.75, 3.05) is 17.2 Å². The lowest BCUT2D eigenvalue weighted by Crippen LogP contribution is -2.46. The van der Waals surface area contributed by atoms with E-state index in [-0.39, 0.29) is 24.8 Å². The van der Waals surface area contributed by atoms with Gasteiger partial charge in [-0.05, 0) is 43.7 Å². The second kappa shape index (κ2) is 9.19. The van der Waals surface area contributed by atoms with Crippen LogP contribution in [0.2, 0.25) is 5.02 Å². The first-order chi connectivity index (χ1) is 13.8. The number of benzene rings is 2. The topological polar surface area (TPSA) is 99.3 Å². The van der Waals surface area contributed by atoms with Crippen molar-refractivity contribution in [3.63, 3.8) is 0 Å². The van der Waals surface area contributed by atoms with Gasteiger partial charge in [0.1, 0.15) is 0 Å². The normalized spacial score (nSPS) is 15.1. The van der Waals surface area contributed by atoms with Gasteiger partial charge in [0.05, 0.1) is 17.5 Å². The Kier molecular flexibility index (Phi) is 6.66. The first-order valence-electron chi connectivity index (χ1n) is 8.97. The van der Waals surface area contributed by atoms with Crippen LogP contribution in [-0.4, -0.2) is 29.5 Å². The van der Waals surface area contributed by atoms with E-state index in [1.165, 1.54) is 11.8 Å². The number of hydrogen-bond acceptors (Lipinski definition) is 5. The molecule has 3 amide bonds. The Balaban J connectivity index is 1.45. The number of hydrazine groups is 1. The summed E-state index contributed by atoms with van der Waals surface area (Å²) in [4.78, 5) is 37.1. The number of hydrogen-bond donors (Lipinski definition) is 4. The zero-order valence-corrected chi connectivity index (χ0v) is 17.5. The minimum absolute atomic E-state index is 0.0109. The van der Waals surface area contributed by atoms with Crippen molar-refractivity contribution in [3.05, 3.63) is 52.5 Å². The molecule has 2 aromatic rings. The summed E-state index contributed by atoms with van der Waals surface area (Å²) in [6.07, 6.45) is -0.0661. The van der Waals surface area contributed by atoms with Crippen molar-refractivity contribution in [3.8, 4) is 0 Å². The fourth-order valence-electron chi connectivity index (χ4n) is 2.85. The van der Waals surface area contributed by atoms with Crippen LogP contribution in [0.4, 0.5) is 11.4 Å². The van der Waals surface area contributed by atoms with Crippen LogP contribution in [0.5, 0.6) is 0 Å². The number of thioether (sulfide) groups is 1. The molecule has 0 saturated heterocycles. The SMILES string of the molecule is Cc1ccc(NCC(=O)NNC(=O)CC2Sc3ccc(Cl)cc3NC2=O)c(C)c1. The molecule has 1 heterocycles. The fourth-order valence-corrected chi connectivity index (χ4v) is 4.11. The van der Waals surface area contributed by atoms with E-state index >= 15 is 0 Å². The number of fused-ring (bicyclic) bond motifs is 1. The molecule has 3 rings (SSSR count). The first kappa shape index (κ1) is 21.0. The Hall–Kier alpha value is -2.71. The smallest absolute Gasteiger partial charge is 0.257 e. The van der Waals surface area contributed by atoms with Crippen molar-refractivity contribution in [1.82, 2.24) is 10.9 Å². The molecule has 0 radical (unpaired) electrons. The Morgan fingerprint density at radius 1 is 1.10 bits per heavy atom. The zero-order valence-electron chi connectivity index (χ0n) is 16.0. The zero-order chi connectivity index (χ0) is 21.0. The number of aryl methyl sites for hydroxylation is 2. The summed E-state index contributed by atoms with van der Waals surface area (Å²) >= 11 is 7.22. The maximum Gasteiger partial charge on any atom is 0.257 e. The average molecular weight is 433 g/mol. The van der Waals surface area contributed by atoms with Crippen LogP contribution in [0.25, 0.3) is 0 Å². The third-order valence-corrected chi connectivity index (χ3v) is 5.80. The molecule has 1 atom stereocenters. The number of nitrogens with one attached hydrogen (secondary N) is 4. The highest BCUT2D eigenvalue weighted by Crippen LogP contribution is 2.38. The summed E-state index contributed by atoms with van der Waals surface area (Å²) in [5.74, 6) is -1.11. The van der Waals surface area contributed by atoms with E-state index < -0.39 is 11.2 Å². The van der Waals surface area contributed by atoms with Crippen molar-refractivity contribution in [1.29, 1.82) is 0 Å². The molecule has 152 valence electrons. The number of carbonyl (C=O) groups is 3. The van der Waals surface area contributed by atoms with Gasteiger partial charge in [0.15, 0.2) is 0 Å². The molecule has 1 unspecified atom stereocenters. The summed E-state index contributed by atoms with van der Waals surface area (Å²) < 4.78 is 0. The number of rotatable bonds is 5. The monoisotopic (exact) mass is 432 g/mol. The van der Waals surface area contributed by atoms with Crippen molar-refractivity contribution >= 4 is 52.5 Å². The lowest BCUT2D eigenvalue weighted by molar-refractivity contribution is -0.128. The predicted molar refractivity (Wildman–Crippen MR) is 115 cm³/mol. The second-order valence-corrected chi connectivity index (χ2v) is 8.39. The third-order valence-electron chi connectivity index (χ3n) is 4.29. The molecule has 7 nitrogen and oxygen atoms in total. The predicted octanol–water partition coefficient (Wildman–Crippen LogP) is 3.02. The molecule has 0 bridgehead atoms. The van der Waals surface area contributed by atoms with E-state index in [4.69, 9.17) is 11.6 Å². The largest absolute Gasteiger partial charge is 0.376 e. The van der Waals surface area contributed by atoms with Crippen LogP contribution in [0.1, 0.15) is 17.5 Å². The lowest BCUT2D eigenvalue weighted by Gasteiger charge is -2.23. The standard InChI is InChI=1S/C20H21ClN4O3S/c1-11-3-5-14(12(2)7-11)22-10-19(27)25-24-18(26)9-17-20(28)23-15-8-13(21)4-6-16(15)29-17/h3-8,17,22H,9-10H2,1-2H3,(H,23,28)(H,24,26)(H,25,27). The fraction of sp³-hybridized carbons (Fsp3) is 0.250. The maximum atomic E-state index is 12.2. The van der Waals surface area contributed by atoms with Crippen LogP contribution < -0.4 is 21.5 Å². The quantitative estimate of drug-likeness (QED) is 0.544. The molecule has 0 aromatic heterocycles. The molecular weight excluding hydrogens is 412 g/mol. The number of anilines is 2. The van der Waals surface area contributed by atoms with E-state index in [9.17, 15) is 14.4 Å². The number of halogens is 1. The summed E-state index contributed by atoms with van der Waals surface area (Å²) in [6, 6.07) is 11.1. The molecular formula is C20H21ClN4O3S. The van der Waals surface area contributed by atoms with Gasteiger partial charge in [-0.1, -0.05) is 29.3 Å². The maximum absolute atomic E-state index is 12.2. The van der Waals surface area contributed by atoms with E-state index in [2.05, 4.69) is 21.5 Å². The Bertz CT molecular complexity index is 967. The van der Waals surface area contributed by atoms with Gasteiger partial charge in [0.25, 0.3) is 5.91 Å². The number of carbonyl (C=O) groups excluding carboxylic acids is 3. The van der Waals surface area contributed by atoms with Gasteiger partial charge in [-0.15, -0.1) is 11.8 Å². The highest BCUT2D eigenvalue weighted by Gasteiger charge is 2.29. The van der Waals surface area contributed by atoms with Crippen LogP contribution in [0, 0.1) is 13.8 Å². The Morgan fingerprint density at radius 3 is 2.62 bits per heavy atom. The Labute approximate surface area is 177 Å². The average Bonchev–Trinajstić information content (AvgIpc) is 2.66. The highest BCUT2D eigenvalue weighted by atomic mass is 35.5. The lowest BCUT2D eigenvalue weighted by atomic mass is 10.1. The molecule has 9 heteroatoms. The molecule has 0 aliphatic carbocycles. The van der Waals surface area contributed by atoms with E-state index in [0.29, 0.717) is 10.7 Å². The molecule has 2 aromatic carbocycles. The van der Waals surface area contributed by atoms with Gasteiger partial charge in [0, 0.05) is 22.0 Å². The minimum atomic E-state index is -0.589. The van der Waals surface area contributed by atoms with Gasteiger partial charge in [0.2, 0.25) is 11.8 Å². The molecule has 1 aliphatic rings. The van der Waals surface area contributed by atoms with Crippen molar-refractivity contribution in [2.24, 2.45) is 0 Å². The summed E-state index contributed by atoms with van der Waals surface area (Å²) in [5.41, 5.74) is 8.36. The van der Waals surface area contributed by atoms with Crippen molar-refractivity contribution < 1.29 is 14.4 Å². The molecule has 0 fully saturated rings. The highest BCUT2D eigenvalue weighted by molar-refractivity contribution is 8.01. The van der Waals surface area contributed by atoms with Gasteiger partial charge >= 0.3 is 0 Å². The molecule has 0 saturated carbocycles. The van der Waals surface area contributed by atoms with Gasteiger partial charge in [-0.2, -0.15) is 0 Å². The third kappa shape index (κ3) is 5.65. The molecule has 1 aliphatic heterocycles. The van der Waals surface area contributed by atoms with Gasteiger partial charge < -0.3 is 10.6 Å².